The molecule has 7 nitrogen and oxygen atoms in total. The molecule has 23 heavy (non-hydrogen) atoms. The molecular weight excluding hydrogens is 294 g/mol. The number of amides is 1. The SMILES string of the molecule is O=C(c1ccc(=O)[nH]c1)N1CCCC1c1nnc2ccccn12. The number of hydrogen-bond acceptors (Lipinski definition) is 4. The van der Waals surface area contributed by atoms with Crippen LogP contribution in [0.3, 0.4) is 0 Å². The number of rotatable bonds is 2. The van der Waals surface area contributed by atoms with E-state index in [1.807, 2.05) is 28.8 Å². The minimum absolute atomic E-state index is 0.101. The Bertz CT molecular complexity index is 909. The van der Waals surface area contributed by atoms with Crippen LogP contribution in [0.15, 0.2) is 47.5 Å². The normalized spacial score (nSPS) is 17.7. The lowest BCUT2D eigenvalue weighted by Gasteiger charge is -2.23. The highest BCUT2D eigenvalue weighted by atomic mass is 16.2. The Hall–Kier alpha value is -2.96. The number of carbonyl (C=O) groups excluding carboxylic acids is 1. The first kappa shape index (κ1) is 13.7. The standard InChI is InChI=1S/C16H15N5O2/c22-14-7-6-11(10-17-14)16(23)20-9-3-4-12(20)15-19-18-13-5-1-2-8-21(13)15/h1-2,5-8,10,12H,3-4,9H2,(H,17,22). The number of aromatic nitrogens is 4. The predicted octanol–water partition coefficient (Wildman–Crippen LogP) is 1.39. The first-order valence-corrected chi connectivity index (χ1v) is 7.53. The monoisotopic (exact) mass is 309 g/mol. The second-order valence-corrected chi connectivity index (χ2v) is 5.59. The van der Waals surface area contributed by atoms with Crippen LogP contribution in [-0.4, -0.2) is 36.9 Å². The first-order chi connectivity index (χ1) is 11.2. The van der Waals surface area contributed by atoms with E-state index in [-0.39, 0.29) is 17.5 Å². The number of nitrogens with one attached hydrogen (secondary N) is 1. The molecule has 4 rings (SSSR count). The lowest BCUT2D eigenvalue weighted by Crippen LogP contribution is -2.32. The molecule has 7 heteroatoms. The van der Waals surface area contributed by atoms with Crippen molar-refractivity contribution >= 4 is 11.6 Å². The van der Waals surface area contributed by atoms with E-state index >= 15 is 0 Å². The molecule has 0 saturated carbocycles. The van der Waals surface area contributed by atoms with Gasteiger partial charge < -0.3 is 9.88 Å². The number of H-pyrrole nitrogens is 1. The van der Waals surface area contributed by atoms with E-state index in [0.29, 0.717) is 12.1 Å². The number of carbonyl (C=O) groups is 1. The van der Waals surface area contributed by atoms with Crippen molar-refractivity contribution in [3.63, 3.8) is 0 Å². The highest BCUT2D eigenvalue weighted by molar-refractivity contribution is 5.94. The Morgan fingerprint density at radius 1 is 1.22 bits per heavy atom. The lowest BCUT2D eigenvalue weighted by molar-refractivity contribution is 0.0729. The smallest absolute Gasteiger partial charge is 0.255 e. The molecule has 116 valence electrons. The summed E-state index contributed by atoms with van der Waals surface area (Å²) in [5.74, 6) is 0.673. The fourth-order valence-corrected chi connectivity index (χ4v) is 3.07. The van der Waals surface area contributed by atoms with Gasteiger partial charge in [-0.05, 0) is 31.0 Å². The number of aromatic amines is 1. The highest BCUT2D eigenvalue weighted by Crippen LogP contribution is 2.32. The average Bonchev–Trinajstić information content (AvgIpc) is 3.21. The maximum absolute atomic E-state index is 12.7. The van der Waals surface area contributed by atoms with Gasteiger partial charge in [0.1, 0.15) is 0 Å². The lowest BCUT2D eigenvalue weighted by atomic mass is 10.2. The van der Waals surface area contributed by atoms with Crippen LogP contribution in [0.5, 0.6) is 0 Å². The number of likely N-dealkylation sites (tertiary alicyclic amines) is 1. The molecular formula is C16H15N5O2. The maximum Gasteiger partial charge on any atom is 0.255 e. The summed E-state index contributed by atoms with van der Waals surface area (Å²) in [4.78, 5) is 28.3. The van der Waals surface area contributed by atoms with Gasteiger partial charge in [-0.25, -0.2) is 0 Å². The molecule has 0 aromatic carbocycles. The number of nitrogens with zero attached hydrogens (tertiary/aromatic N) is 4. The van der Waals surface area contributed by atoms with Gasteiger partial charge in [0.05, 0.1) is 11.6 Å². The molecule has 4 heterocycles. The van der Waals surface area contributed by atoms with E-state index in [4.69, 9.17) is 0 Å². The van der Waals surface area contributed by atoms with Crippen LogP contribution in [0.1, 0.15) is 35.1 Å². The number of fused-ring (bicyclic) bond motifs is 1. The van der Waals surface area contributed by atoms with Gasteiger partial charge in [0.2, 0.25) is 5.56 Å². The third kappa shape index (κ3) is 2.30. The van der Waals surface area contributed by atoms with E-state index in [9.17, 15) is 9.59 Å². The molecule has 1 amide bonds. The van der Waals surface area contributed by atoms with Gasteiger partial charge in [0.25, 0.3) is 5.91 Å². The summed E-state index contributed by atoms with van der Waals surface area (Å²) in [6.45, 7) is 0.671. The Balaban J connectivity index is 1.70. The second-order valence-electron chi connectivity index (χ2n) is 5.59. The van der Waals surface area contributed by atoms with Gasteiger partial charge in [-0.1, -0.05) is 6.07 Å². The topological polar surface area (TPSA) is 83.4 Å². The van der Waals surface area contributed by atoms with Crippen LogP contribution in [0.4, 0.5) is 0 Å². The van der Waals surface area contributed by atoms with Gasteiger partial charge in [-0.15, -0.1) is 10.2 Å². The minimum Gasteiger partial charge on any atom is -0.328 e. The van der Waals surface area contributed by atoms with Crippen LogP contribution in [0.2, 0.25) is 0 Å². The van der Waals surface area contributed by atoms with E-state index in [1.165, 1.54) is 12.3 Å². The molecule has 1 aliphatic heterocycles. The molecule has 1 saturated heterocycles. The quantitative estimate of drug-likeness (QED) is 0.775. The molecule has 3 aromatic rings. The summed E-state index contributed by atoms with van der Waals surface area (Å²) >= 11 is 0. The van der Waals surface area contributed by atoms with Crippen molar-refractivity contribution in [2.75, 3.05) is 6.54 Å². The first-order valence-electron chi connectivity index (χ1n) is 7.53. The Kier molecular flexibility index (Phi) is 3.18. The third-order valence-corrected chi connectivity index (χ3v) is 4.18. The Labute approximate surface area is 131 Å². The fourth-order valence-electron chi connectivity index (χ4n) is 3.07. The van der Waals surface area contributed by atoms with Crippen LogP contribution >= 0.6 is 0 Å². The molecule has 1 atom stereocenters. The molecule has 1 N–H and O–H groups in total. The van der Waals surface area contributed by atoms with Crippen molar-refractivity contribution in [2.24, 2.45) is 0 Å². The van der Waals surface area contributed by atoms with Gasteiger partial charge in [0.15, 0.2) is 11.5 Å². The zero-order chi connectivity index (χ0) is 15.8. The summed E-state index contributed by atoms with van der Waals surface area (Å²) in [7, 11) is 0. The molecule has 1 fully saturated rings. The zero-order valence-corrected chi connectivity index (χ0v) is 12.3. The van der Waals surface area contributed by atoms with Crippen molar-refractivity contribution in [3.8, 4) is 0 Å². The number of hydrogen-bond donors (Lipinski definition) is 1. The molecule has 0 radical (unpaired) electrons. The van der Waals surface area contributed by atoms with Crippen LogP contribution in [0, 0.1) is 0 Å². The summed E-state index contributed by atoms with van der Waals surface area (Å²) in [5.41, 5.74) is 1.03. The third-order valence-electron chi connectivity index (χ3n) is 4.18. The molecule has 1 unspecified atom stereocenters. The predicted molar refractivity (Wildman–Crippen MR) is 83.1 cm³/mol. The van der Waals surface area contributed by atoms with Crippen molar-refractivity contribution in [1.29, 1.82) is 0 Å². The molecule has 0 spiro atoms. The van der Waals surface area contributed by atoms with E-state index < -0.39 is 0 Å². The zero-order valence-electron chi connectivity index (χ0n) is 12.3. The number of pyridine rings is 2. The Morgan fingerprint density at radius 3 is 2.96 bits per heavy atom. The van der Waals surface area contributed by atoms with Crippen molar-refractivity contribution < 1.29 is 4.79 Å². The minimum atomic E-state index is -0.219. The molecule has 1 aliphatic rings. The van der Waals surface area contributed by atoms with Gasteiger partial charge in [0, 0.05) is 25.0 Å². The van der Waals surface area contributed by atoms with E-state index in [1.54, 1.807) is 11.0 Å². The average molecular weight is 309 g/mol. The van der Waals surface area contributed by atoms with Crippen LogP contribution in [-0.2, 0) is 0 Å². The van der Waals surface area contributed by atoms with Gasteiger partial charge >= 0.3 is 0 Å². The summed E-state index contributed by atoms with van der Waals surface area (Å²) < 4.78 is 1.92. The molecule has 0 aliphatic carbocycles. The van der Waals surface area contributed by atoms with Crippen molar-refractivity contribution in [3.05, 3.63) is 64.5 Å². The Morgan fingerprint density at radius 2 is 2.13 bits per heavy atom. The van der Waals surface area contributed by atoms with Crippen LogP contribution in [0.25, 0.3) is 5.65 Å². The van der Waals surface area contributed by atoms with Crippen molar-refractivity contribution in [1.82, 2.24) is 24.5 Å². The fraction of sp³-hybridized carbons (Fsp3) is 0.250. The van der Waals surface area contributed by atoms with Crippen molar-refractivity contribution in [2.45, 2.75) is 18.9 Å². The molecule has 0 bridgehead atoms. The summed E-state index contributed by atoms with van der Waals surface area (Å²) in [6, 6.07) is 8.53. The van der Waals surface area contributed by atoms with Crippen LogP contribution < -0.4 is 5.56 Å². The van der Waals surface area contributed by atoms with Gasteiger partial charge in [-0.2, -0.15) is 0 Å². The summed E-state index contributed by atoms with van der Waals surface area (Å²) in [5, 5.41) is 8.45. The molecule has 3 aromatic heterocycles. The van der Waals surface area contributed by atoms with E-state index in [0.717, 1.165) is 24.3 Å². The highest BCUT2D eigenvalue weighted by Gasteiger charge is 2.33. The summed E-state index contributed by atoms with van der Waals surface area (Å²) in [6.07, 6.45) is 5.14. The van der Waals surface area contributed by atoms with Gasteiger partial charge in [-0.3, -0.25) is 14.0 Å². The maximum atomic E-state index is 12.7. The largest absolute Gasteiger partial charge is 0.328 e. The second kappa shape index (κ2) is 5.35. The van der Waals surface area contributed by atoms with E-state index in [2.05, 4.69) is 15.2 Å².